The number of urea groups is 1. The van der Waals surface area contributed by atoms with Crippen LogP contribution in [0.5, 0.6) is 0 Å². The second-order valence-corrected chi connectivity index (χ2v) is 8.15. The van der Waals surface area contributed by atoms with Crippen LogP contribution >= 0.6 is 0 Å². The molecule has 4 rings (SSSR count). The highest BCUT2D eigenvalue weighted by Gasteiger charge is 2.27. The average molecular weight is 395 g/mol. The van der Waals surface area contributed by atoms with Crippen molar-refractivity contribution in [2.75, 3.05) is 44.6 Å². The van der Waals surface area contributed by atoms with E-state index in [0.29, 0.717) is 25.7 Å². The smallest absolute Gasteiger partial charge is 0.321 e. The molecular weight excluding hydrogens is 364 g/mol. The monoisotopic (exact) mass is 394 g/mol. The lowest BCUT2D eigenvalue weighted by atomic mass is 10.0. The van der Waals surface area contributed by atoms with Gasteiger partial charge in [0.25, 0.3) is 0 Å². The second kappa shape index (κ2) is 8.82. The first-order chi connectivity index (χ1) is 14.1. The highest BCUT2D eigenvalue weighted by Crippen LogP contribution is 2.23. The minimum atomic E-state index is -0.0722. The zero-order chi connectivity index (χ0) is 20.2. The summed E-state index contributed by atoms with van der Waals surface area (Å²) in [6.07, 6.45) is 3.43. The summed E-state index contributed by atoms with van der Waals surface area (Å²) in [5.41, 5.74) is 0.838. The SMILES string of the molecule is CC1CCCCN1C(=O)CN1CCN(C(=O)Nc2cccc3ccccc23)CC1. The van der Waals surface area contributed by atoms with E-state index in [9.17, 15) is 9.59 Å². The summed E-state index contributed by atoms with van der Waals surface area (Å²) < 4.78 is 0. The largest absolute Gasteiger partial charge is 0.339 e. The molecule has 2 aliphatic rings. The van der Waals surface area contributed by atoms with Gasteiger partial charge in [0.2, 0.25) is 5.91 Å². The predicted octanol–water partition coefficient (Wildman–Crippen LogP) is 3.39. The summed E-state index contributed by atoms with van der Waals surface area (Å²) in [6, 6.07) is 14.3. The van der Waals surface area contributed by atoms with E-state index in [1.165, 1.54) is 6.42 Å². The van der Waals surface area contributed by atoms with Crippen LogP contribution in [0.15, 0.2) is 42.5 Å². The molecule has 2 fully saturated rings. The summed E-state index contributed by atoms with van der Waals surface area (Å²) in [5, 5.41) is 5.22. The maximum absolute atomic E-state index is 12.8. The Morgan fingerprint density at radius 1 is 0.966 bits per heavy atom. The van der Waals surface area contributed by atoms with E-state index >= 15 is 0 Å². The molecule has 2 heterocycles. The highest BCUT2D eigenvalue weighted by molar-refractivity contribution is 6.01. The van der Waals surface area contributed by atoms with Crippen molar-refractivity contribution in [3.63, 3.8) is 0 Å². The molecule has 0 spiro atoms. The van der Waals surface area contributed by atoms with Crippen LogP contribution in [-0.2, 0) is 4.79 Å². The molecule has 0 radical (unpaired) electrons. The van der Waals surface area contributed by atoms with E-state index in [1.807, 2.05) is 52.3 Å². The zero-order valence-corrected chi connectivity index (χ0v) is 17.1. The van der Waals surface area contributed by atoms with Gasteiger partial charge < -0.3 is 15.1 Å². The van der Waals surface area contributed by atoms with Gasteiger partial charge in [-0.1, -0.05) is 36.4 Å². The van der Waals surface area contributed by atoms with Gasteiger partial charge in [-0.2, -0.15) is 0 Å². The van der Waals surface area contributed by atoms with Crippen LogP contribution < -0.4 is 5.32 Å². The number of rotatable bonds is 3. The number of benzene rings is 2. The first-order valence-corrected chi connectivity index (χ1v) is 10.7. The fourth-order valence-corrected chi connectivity index (χ4v) is 4.39. The Bertz CT molecular complexity index is 871. The maximum Gasteiger partial charge on any atom is 0.321 e. The van der Waals surface area contributed by atoms with Gasteiger partial charge in [0.1, 0.15) is 0 Å². The Labute approximate surface area is 172 Å². The molecule has 2 aromatic rings. The van der Waals surface area contributed by atoms with Crippen LogP contribution in [0.2, 0.25) is 0 Å². The van der Waals surface area contributed by atoms with E-state index < -0.39 is 0 Å². The number of carbonyl (C=O) groups is 2. The van der Waals surface area contributed by atoms with E-state index in [4.69, 9.17) is 0 Å². The first-order valence-electron chi connectivity index (χ1n) is 10.7. The topological polar surface area (TPSA) is 55.9 Å². The first kappa shape index (κ1) is 19.7. The van der Waals surface area contributed by atoms with Gasteiger partial charge in [0, 0.05) is 44.2 Å². The van der Waals surface area contributed by atoms with Gasteiger partial charge in [0.05, 0.1) is 12.2 Å². The van der Waals surface area contributed by atoms with Crippen molar-refractivity contribution in [3.8, 4) is 0 Å². The van der Waals surface area contributed by atoms with Crippen molar-refractivity contribution >= 4 is 28.4 Å². The molecule has 2 saturated heterocycles. The highest BCUT2D eigenvalue weighted by atomic mass is 16.2. The number of carbonyl (C=O) groups excluding carboxylic acids is 2. The third-order valence-corrected chi connectivity index (χ3v) is 6.17. The summed E-state index contributed by atoms with van der Waals surface area (Å²) >= 11 is 0. The number of amides is 3. The molecule has 6 heteroatoms. The Morgan fingerprint density at radius 3 is 2.52 bits per heavy atom. The number of nitrogens with one attached hydrogen (secondary N) is 1. The quantitative estimate of drug-likeness (QED) is 0.868. The molecule has 0 saturated carbocycles. The molecule has 2 aliphatic heterocycles. The number of hydrogen-bond acceptors (Lipinski definition) is 3. The van der Waals surface area contributed by atoms with Crippen molar-refractivity contribution in [2.45, 2.75) is 32.2 Å². The fourth-order valence-electron chi connectivity index (χ4n) is 4.39. The van der Waals surface area contributed by atoms with Gasteiger partial charge >= 0.3 is 6.03 Å². The molecule has 2 aromatic carbocycles. The lowest BCUT2D eigenvalue weighted by Crippen LogP contribution is -2.53. The van der Waals surface area contributed by atoms with Crippen LogP contribution in [0.4, 0.5) is 10.5 Å². The fraction of sp³-hybridized carbons (Fsp3) is 0.478. The third-order valence-electron chi connectivity index (χ3n) is 6.17. The normalized spacial score (nSPS) is 20.7. The Hall–Kier alpha value is -2.60. The van der Waals surface area contributed by atoms with Crippen molar-refractivity contribution in [2.24, 2.45) is 0 Å². The molecule has 0 bridgehead atoms. The van der Waals surface area contributed by atoms with E-state index in [0.717, 1.165) is 48.9 Å². The second-order valence-electron chi connectivity index (χ2n) is 8.15. The summed E-state index contributed by atoms with van der Waals surface area (Å²) in [4.78, 5) is 31.4. The number of piperidine rings is 1. The predicted molar refractivity (Wildman–Crippen MR) is 116 cm³/mol. The van der Waals surface area contributed by atoms with Crippen molar-refractivity contribution < 1.29 is 9.59 Å². The molecule has 1 atom stereocenters. The molecule has 1 unspecified atom stereocenters. The van der Waals surface area contributed by atoms with Gasteiger partial charge in [-0.3, -0.25) is 9.69 Å². The average Bonchev–Trinajstić information content (AvgIpc) is 2.75. The molecular formula is C23H30N4O2. The number of anilines is 1. The van der Waals surface area contributed by atoms with Crippen molar-refractivity contribution in [1.82, 2.24) is 14.7 Å². The van der Waals surface area contributed by atoms with Crippen LogP contribution in [0.3, 0.4) is 0 Å². The van der Waals surface area contributed by atoms with Crippen LogP contribution in [-0.4, -0.2) is 71.9 Å². The molecule has 0 aliphatic carbocycles. The molecule has 154 valence electrons. The van der Waals surface area contributed by atoms with E-state index in [-0.39, 0.29) is 11.9 Å². The summed E-state index contributed by atoms with van der Waals surface area (Å²) in [5.74, 6) is 0.228. The van der Waals surface area contributed by atoms with Gasteiger partial charge in [0.15, 0.2) is 0 Å². The van der Waals surface area contributed by atoms with E-state index in [2.05, 4.69) is 17.1 Å². The molecule has 0 aromatic heterocycles. The number of nitrogens with zero attached hydrogens (tertiary/aromatic N) is 3. The maximum atomic E-state index is 12.8. The van der Waals surface area contributed by atoms with Gasteiger partial charge in [-0.15, -0.1) is 0 Å². The third kappa shape index (κ3) is 4.53. The van der Waals surface area contributed by atoms with Crippen molar-refractivity contribution in [1.29, 1.82) is 0 Å². The molecule has 1 N–H and O–H groups in total. The standard InChI is InChI=1S/C23H30N4O2/c1-18-7-4-5-12-27(18)22(28)17-25-13-15-26(16-14-25)23(29)24-21-11-6-9-19-8-2-3-10-20(19)21/h2-3,6,8-11,18H,4-5,7,12-17H2,1H3,(H,24,29). The van der Waals surface area contributed by atoms with Gasteiger partial charge in [-0.25, -0.2) is 4.79 Å². The minimum absolute atomic E-state index is 0.0722. The number of piperazine rings is 1. The summed E-state index contributed by atoms with van der Waals surface area (Å²) in [6.45, 7) is 6.23. The van der Waals surface area contributed by atoms with Crippen LogP contribution in [0.25, 0.3) is 10.8 Å². The lowest BCUT2D eigenvalue weighted by molar-refractivity contribution is -0.136. The minimum Gasteiger partial charge on any atom is -0.339 e. The zero-order valence-electron chi connectivity index (χ0n) is 17.1. The number of fused-ring (bicyclic) bond motifs is 1. The van der Waals surface area contributed by atoms with Gasteiger partial charge in [-0.05, 0) is 37.6 Å². The molecule has 29 heavy (non-hydrogen) atoms. The Balaban J connectivity index is 1.30. The molecule has 3 amide bonds. The van der Waals surface area contributed by atoms with E-state index in [1.54, 1.807) is 0 Å². The van der Waals surface area contributed by atoms with Crippen LogP contribution in [0.1, 0.15) is 26.2 Å². The Kier molecular flexibility index (Phi) is 6.00. The lowest BCUT2D eigenvalue weighted by Gasteiger charge is -2.38. The van der Waals surface area contributed by atoms with Crippen LogP contribution in [0, 0.1) is 0 Å². The van der Waals surface area contributed by atoms with Crippen molar-refractivity contribution in [3.05, 3.63) is 42.5 Å². The number of hydrogen-bond donors (Lipinski definition) is 1. The Morgan fingerprint density at radius 2 is 1.72 bits per heavy atom. The number of likely N-dealkylation sites (tertiary alicyclic amines) is 1. The summed E-state index contributed by atoms with van der Waals surface area (Å²) in [7, 11) is 0. The molecule has 6 nitrogen and oxygen atoms in total.